The van der Waals surface area contributed by atoms with Gasteiger partial charge in [0.25, 0.3) is 0 Å². The van der Waals surface area contributed by atoms with Crippen molar-refractivity contribution in [2.45, 2.75) is 10.8 Å². The second kappa shape index (κ2) is 4.93. The molecule has 0 fully saturated rings. The number of pyridine rings is 1. The topological polar surface area (TPSA) is 68.0 Å². The largest absolute Gasteiger partial charge is 0.397 e. The summed E-state index contributed by atoms with van der Waals surface area (Å²) in [4.78, 5) is 17.5. The van der Waals surface area contributed by atoms with Gasteiger partial charge in [-0.05, 0) is 23.8 Å². The van der Waals surface area contributed by atoms with Crippen molar-refractivity contribution in [1.29, 1.82) is 0 Å². The lowest BCUT2D eigenvalue weighted by Gasteiger charge is -2.11. The highest BCUT2D eigenvalue weighted by Gasteiger charge is 2.29. The average molecular weight is 271 g/mol. The molecule has 1 aromatic heterocycles. The molecule has 96 valence electrons. The summed E-state index contributed by atoms with van der Waals surface area (Å²) in [5, 5.41) is 2.83. The van der Waals surface area contributed by atoms with Crippen LogP contribution in [0.25, 0.3) is 0 Å². The fraction of sp³-hybridized carbons (Fsp3) is 0.143. The number of benzene rings is 1. The van der Waals surface area contributed by atoms with Crippen LogP contribution in [-0.4, -0.2) is 16.6 Å². The van der Waals surface area contributed by atoms with Crippen LogP contribution in [0.3, 0.4) is 0 Å². The Balaban J connectivity index is 1.77. The van der Waals surface area contributed by atoms with Crippen molar-refractivity contribution in [3.63, 3.8) is 0 Å². The highest BCUT2D eigenvalue weighted by molar-refractivity contribution is 7.99. The molecule has 1 amide bonds. The van der Waals surface area contributed by atoms with Crippen LogP contribution in [0.4, 0.5) is 11.5 Å². The Morgan fingerprint density at radius 1 is 1.32 bits per heavy atom. The molecule has 0 spiro atoms. The molecule has 0 saturated heterocycles. The molecule has 1 aliphatic rings. The maximum absolute atomic E-state index is 12.3. The molecule has 1 unspecified atom stereocenters. The van der Waals surface area contributed by atoms with Crippen LogP contribution < -0.4 is 11.1 Å². The van der Waals surface area contributed by atoms with Gasteiger partial charge in [-0.2, -0.15) is 0 Å². The number of fused-ring (bicyclic) bond motifs is 1. The van der Waals surface area contributed by atoms with Gasteiger partial charge >= 0.3 is 0 Å². The van der Waals surface area contributed by atoms with Crippen molar-refractivity contribution in [1.82, 2.24) is 4.98 Å². The Morgan fingerprint density at radius 2 is 2.16 bits per heavy atom. The summed E-state index contributed by atoms with van der Waals surface area (Å²) in [6, 6.07) is 11.5. The molecule has 0 bridgehead atoms. The van der Waals surface area contributed by atoms with Gasteiger partial charge in [-0.1, -0.05) is 18.2 Å². The second-order valence-electron chi connectivity index (χ2n) is 4.37. The number of carbonyl (C=O) groups excluding carboxylic acids is 1. The zero-order valence-electron chi connectivity index (χ0n) is 10.2. The number of nitrogens with one attached hydrogen (secondary N) is 1. The highest BCUT2D eigenvalue weighted by atomic mass is 32.2. The lowest BCUT2D eigenvalue weighted by atomic mass is 10.0. The van der Waals surface area contributed by atoms with Crippen LogP contribution in [0.2, 0.25) is 0 Å². The molecule has 0 saturated carbocycles. The van der Waals surface area contributed by atoms with Gasteiger partial charge in [-0.25, -0.2) is 4.98 Å². The molecule has 2 heterocycles. The van der Waals surface area contributed by atoms with Gasteiger partial charge in [0, 0.05) is 10.6 Å². The van der Waals surface area contributed by atoms with E-state index >= 15 is 0 Å². The number of nitrogen functional groups attached to an aromatic ring is 1. The van der Waals surface area contributed by atoms with E-state index in [4.69, 9.17) is 5.73 Å². The summed E-state index contributed by atoms with van der Waals surface area (Å²) >= 11 is 1.72. The Kier molecular flexibility index (Phi) is 3.13. The van der Waals surface area contributed by atoms with Crippen LogP contribution in [0, 0.1) is 0 Å². The van der Waals surface area contributed by atoms with Crippen LogP contribution in [0.1, 0.15) is 11.5 Å². The number of hydrogen-bond donors (Lipinski definition) is 2. The maximum atomic E-state index is 12.3. The van der Waals surface area contributed by atoms with E-state index in [2.05, 4.69) is 16.4 Å². The van der Waals surface area contributed by atoms with Gasteiger partial charge in [-0.3, -0.25) is 4.79 Å². The van der Waals surface area contributed by atoms with Crippen LogP contribution in [0.15, 0.2) is 47.5 Å². The highest BCUT2D eigenvalue weighted by Crippen LogP contribution is 2.39. The fourth-order valence-corrected chi connectivity index (χ4v) is 3.30. The van der Waals surface area contributed by atoms with Crippen molar-refractivity contribution in [3.8, 4) is 0 Å². The van der Waals surface area contributed by atoms with E-state index in [0.29, 0.717) is 11.5 Å². The summed E-state index contributed by atoms with van der Waals surface area (Å²) in [5.74, 6) is 1.18. The Labute approximate surface area is 115 Å². The lowest BCUT2D eigenvalue weighted by molar-refractivity contribution is -0.117. The van der Waals surface area contributed by atoms with Crippen molar-refractivity contribution < 1.29 is 4.79 Å². The van der Waals surface area contributed by atoms with Gasteiger partial charge in [0.2, 0.25) is 5.91 Å². The minimum Gasteiger partial charge on any atom is -0.397 e. The maximum Gasteiger partial charge on any atom is 0.233 e. The van der Waals surface area contributed by atoms with Crippen molar-refractivity contribution in [2.75, 3.05) is 16.8 Å². The molecular formula is C14H13N3OS. The second-order valence-corrected chi connectivity index (χ2v) is 5.43. The van der Waals surface area contributed by atoms with Crippen molar-refractivity contribution in [3.05, 3.63) is 48.2 Å². The smallest absolute Gasteiger partial charge is 0.233 e. The van der Waals surface area contributed by atoms with E-state index < -0.39 is 0 Å². The molecule has 1 atom stereocenters. The Bertz CT molecular complexity index is 612. The summed E-state index contributed by atoms with van der Waals surface area (Å²) in [6.45, 7) is 0. The van der Waals surface area contributed by atoms with Crippen LogP contribution in [0.5, 0.6) is 0 Å². The summed E-state index contributed by atoms with van der Waals surface area (Å²) in [6.07, 6.45) is 1.53. The number of hydrogen-bond acceptors (Lipinski definition) is 4. The first-order valence-corrected chi connectivity index (χ1v) is 6.97. The molecule has 3 rings (SSSR count). The summed E-state index contributed by atoms with van der Waals surface area (Å²) in [5.41, 5.74) is 7.25. The van der Waals surface area contributed by atoms with E-state index in [0.717, 1.165) is 11.3 Å². The molecule has 1 aliphatic heterocycles. The first kappa shape index (κ1) is 12.0. The number of amides is 1. The van der Waals surface area contributed by atoms with Gasteiger partial charge in [0.1, 0.15) is 5.82 Å². The standard InChI is InChI=1S/C14H13N3OS/c15-9-5-6-13(16-7-9)17-14(18)11-8-19-12-4-2-1-3-10(11)12/h1-7,11H,8,15H2,(H,16,17,18). The predicted octanol–water partition coefficient (Wildman–Crippen LogP) is 2.49. The molecule has 5 heteroatoms. The quantitative estimate of drug-likeness (QED) is 0.880. The number of rotatable bonds is 2. The Hall–Kier alpha value is -2.01. The van der Waals surface area contributed by atoms with E-state index in [1.165, 1.54) is 11.1 Å². The summed E-state index contributed by atoms with van der Waals surface area (Å²) < 4.78 is 0. The fourth-order valence-electron chi connectivity index (χ4n) is 2.07. The van der Waals surface area contributed by atoms with Gasteiger partial charge < -0.3 is 11.1 Å². The molecule has 0 aliphatic carbocycles. The van der Waals surface area contributed by atoms with E-state index in [1.54, 1.807) is 23.9 Å². The predicted molar refractivity (Wildman–Crippen MR) is 77.2 cm³/mol. The molecule has 19 heavy (non-hydrogen) atoms. The normalized spacial score (nSPS) is 16.9. The van der Waals surface area contributed by atoms with Gasteiger partial charge in [-0.15, -0.1) is 11.8 Å². The number of anilines is 2. The van der Waals surface area contributed by atoms with E-state index in [-0.39, 0.29) is 11.8 Å². The van der Waals surface area contributed by atoms with Gasteiger partial charge in [0.15, 0.2) is 0 Å². The van der Waals surface area contributed by atoms with Crippen LogP contribution >= 0.6 is 11.8 Å². The molecule has 4 nitrogen and oxygen atoms in total. The zero-order chi connectivity index (χ0) is 13.2. The lowest BCUT2D eigenvalue weighted by Crippen LogP contribution is -2.21. The van der Waals surface area contributed by atoms with Crippen molar-refractivity contribution in [2.24, 2.45) is 0 Å². The van der Waals surface area contributed by atoms with E-state index in [9.17, 15) is 4.79 Å². The van der Waals surface area contributed by atoms with Crippen molar-refractivity contribution >= 4 is 29.2 Å². The molecular weight excluding hydrogens is 258 g/mol. The molecule has 2 aromatic rings. The first-order chi connectivity index (χ1) is 9.24. The third kappa shape index (κ3) is 2.42. The number of nitrogens with two attached hydrogens (primary N) is 1. The van der Waals surface area contributed by atoms with Gasteiger partial charge in [0.05, 0.1) is 17.8 Å². The number of carbonyl (C=O) groups is 1. The van der Waals surface area contributed by atoms with E-state index in [1.807, 2.05) is 18.2 Å². The third-order valence-corrected chi connectivity index (χ3v) is 4.24. The molecule has 1 aromatic carbocycles. The van der Waals surface area contributed by atoms with Crippen LogP contribution in [-0.2, 0) is 4.79 Å². The minimum atomic E-state index is -0.111. The summed E-state index contributed by atoms with van der Waals surface area (Å²) in [7, 11) is 0. The SMILES string of the molecule is Nc1ccc(NC(=O)C2CSc3ccccc32)nc1. The number of aromatic nitrogens is 1. The molecule has 0 radical (unpaired) electrons. The zero-order valence-corrected chi connectivity index (χ0v) is 11.0. The first-order valence-electron chi connectivity index (χ1n) is 5.98. The number of nitrogens with zero attached hydrogens (tertiary/aromatic N) is 1. The molecule has 3 N–H and O–H groups in total. The monoisotopic (exact) mass is 271 g/mol. The minimum absolute atomic E-state index is 0.0188. The average Bonchev–Trinajstić information content (AvgIpc) is 2.85. The Morgan fingerprint density at radius 3 is 2.95 bits per heavy atom. The number of thioether (sulfide) groups is 1. The third-order valence-electron chi connectivity index (χ3n) is 3.05.